The molecule has 1 aliphatic rings. The Labute approximate surface area is 152 Å². The number of aromatic nitrogens is 2. The van der Waals surface area contributed by atoms with E-state index in [4.69, 9.17) is 0 Å². The Hall–Kier alpha value is -2.41. The molecule has 3 rings (SSSR count). The Morgan fingerprint density at radius 2 is 1.77 bits per heavy atom. The van der Waals surface area contributed by atoms with Crippen molar-refractivity contribution in [1.29, 1.82) is 0 Å². The topological polar surface area (TPSA) is 87.2 Å². The fourth-order valence-electron chi connectivity index (χ4n) is 3.48. The van der Waals surface area contributed by atoms with Crippen LogP contribution in [0.3, 0.4) is 0 Å². The molecule has 0 spiro atoms. The molecule has 7 nitrogen and oxygen atoms in total. The Morgan fingerprint density at radius 3 is 2.46 bits per heavy atom. The quantitative estimate of drug-likeness (QED) is 0.837. The second-order valence-corrected chi connectivity index (χ2v) is 7.51. The minimum absolute atomic E-state index is 0.141. The van der Waals surface area contributed by atoms with Crippen LogP contribution < -0.4 is 16.4 Å². The van der Waals surface area contributed by atoms with Gasteiger partial charge in [0, 0.05) is 12.1 Å². The van der Waals surface area contributed by atoms with Gasteiger partial charge in [-0.2, -0.15) is 0 Å². The fraction of sp³-hybridized carbons (Fsp3) is 0.526. The van der Waals surface area contributed by atoms with Crippen molar-refractivity contribution in [1.82, 2.24) is 20.0 Å². The van der Waals surface area contributed by atoms with Crippen LogP contribution in [0.4, 0.5) is 0 Å². The third-order valence-corrected chi connectivity index (χ3v) is 5.12. The van der Waals surface area contributed by atoms with E-state index in [1.54, 1.807) is 24.3 Å². The number of carbonyl (C=O) groups excluding carboxylic acids is 1. The number of nitrogens with one attached hydrogen (secondary N) is 2. The molecule has 2 aromatic rings. The number of benzene rings is 1. The van der Waals surface area contributed by atoms with Crippen LogP contribution in [-0.4, -0.2) is 45.8 Å². The molecule has 0 saturated carbocycles. The van der Waals surface area contributed by atoms with Crippen LogP contribution in [0.2, 0.25) is 0 Å². The minimum atomic E-state index is -0.373. The lowest BCUT2D eigenvalue weighted by atomic mass is 9.98. The molecule has 0 radical (unpaired) electrons. The third-order valence-electron chi connectivity index (χ3n) is 5.12. The maximum Gasteiger partial charge on any atom is 0.273 e. The molecule has 7 heteroatoms. The van der Waals surface area contributed by atoms with E-state index in [1.165, 1.54) is 19.3 Å². The van der Waals surface area contributed by atoms with Crippen molar-refractivity contribution in [3.63, 3.8) is 0 Å². The number of hydrogen-bond donors (Lipinski definition) is 2. The zero-order chi connectivity index (χ0) is 18.7. The summed E-state index contributed by atoms with van der Waals surface area (Å²) >= 11 is 0. The van der Waals surface area contributed by atoms with Crippen molar-refractivity contribution in [2.45, 2.75) is 45.2 Å². The summed E-state index contributed by atoms with van der Waals surface area (Å²) in [6.45, 7) is 6.61. The number of fused-ring (bicyclic) bond motifs is 1. The Balaban J connectivity index is 1.69. The molecule has 140 valence electrons. The molecule has 2 N–H and O–H groups in total. The summed E-state index contributed by atoms with van der Waals surface area (Å²) in [6.07, 6.45) is 3.63. The summed E-state index contributed by atoms with van der Waals surface area (Å²) in [4.78, 5) is 39.3. The zero-order valence-corrected chi connectivity index (χ0v) is 15.4. The average Bonchev–Trinajstić information content (AvgIpc) is 2.65. The van der Waals surface area contributed by atoms with E-state index in [9.17, 15) is 14.4 Å². The highest BCUT2D eigenvalue weighted by Crippen LogP contribution is 2.19. The molecule has 0 aliphatic carbocycles. The molecule has 26 heavy (non-hydrogen) atoms. The van der Waals surface area contributed by atoms with Crippen LogP contribution in [0.1, 0.15) is 33.1 Å². The van der Waals surface area contributed by atoms with E-state index in [2.05, 4.69) is 29.2 Å². The number of hydrogen-bond acceptors (Lipinski definition) is 4. The highest BCUT2D eigenvalue weighted by Gasteiger charge is 2.28. The average molecular weight is 358 g/mol. The van der Waals surface area contributed by atoms with Crippen molar-refractivity contribution in [3.8, 4) is 0 Å². The number of carbonyl (C=O) groups is 1. The Morgan fingerprint density at radius 1 is 1.12 bits per heavy atom. The molecule has 1 fully saturated rings. The highest BCUT2D eigenvalue weighted by molar-refractivity contribution is 5.81. The van der Waals surface area contributed by atoms with Crippen LogP contribution in [0, 0.1) is 0 Å². The predicted octanol–water partition coefficient (Wildman–Crippen LogP) is 1.07. The van der Waals surface area contributed by atoms with Crippen LogP contribution in [-0.2, 0) is 11.3 Å². The lowest BCUT2D eigenvalue weighted by molar-refractivity contribution is -0.122. The summed E-state index contributed by atoms with van der Waals surface area (Å²) in [5.74, 6) is -0.289. The van der Waals surface area contributed by atoms with E-state index in [-0.39, 0.29) is 29.1 Å². The van der Waals surface area contributed by atoms with Gasteiger partial charge < -0.3 is 5.32 Å². The molecule has 1 aromatic carbocycles. The molecular weight excluding hydrogens is 332 g/mol. The SMILES string of the molecule is CC(C)(CNC(=O)Cn1[nH]c(=O)c2ccccc2c1=O)N1CCCCC1. The largest absolute Gasteiger partial charge is 0.353 e. The smallest absolute Gasteiger partial charge is 0.273 e. The maximum atomic E-state index is 12.5. The first-order valence-corrected chi connectivity index (χ1v) is 9.12. The van der Waals surface area contributed by atoms with E-state index in [0.29, 0.717) is 17.3 Å². The highest BCUT2D eigenvalue weighted by atomic mass is 16.2. The first-order chi connectivity index (χ1) is 12.4. The number of aromatic amines is 1. The Bertz CT molecular complexity index is 907. The van der Waals surface area contributed by atoms with Gasteiger partial charge >= 0.3 is 0 Å². The molecule has 0 bridgehead atoms. The van der Waals surface area contributed by atoms with Gasteiger partial charge in [-0.15, -0.1) is 0 Å². The van der Waals surface area contributed by atoms with Crippen molar-refractivity contribution in [2.24, 2.45) is 0 Å². The van der Waals surface area contributed by atoms with Crippen LogP contribution in [0.5, 0.6) is 0 Å². The predicted molar refractivity (Wildman–Crippen MR) is 101 cm³/mol. The number of H-pyrrole nitrogens is 1. The maximum absolute atomic E-state index is 12.5. The first-order valence-electron chi connectivity index (χ1n) is 9.12. The fourth-order valence-corrected chi connectivity index (χ4v) is 3.48. The zero-order valence-electron chi connectivity index (χ0n) is 15.4. The number of amides is 1. The normalized spacial score (nSPS) is 15.9. The molecule has 1 aliphatic heterocycles. The lowest BCUT2D eigenvalue weighted by Gasteiger charge is -2.41. The van der Waals surface area contributed by atoms with Crippen molar-refractivity contribution < 1.29 is 4.79 Å². The van der Waals surface area contributed by atoms with Crippen molar-refractivity contribution in [2.75, 3.05) is 19.6 Å². The number of nitrogens with zero attached hydrogens (tertiary/aromatic N) is 2. The van der Waals surface area contributed by atoms with Gasteiger partial charge in [-0.3, -0.25) is 24.4 Å². The van der Waals surface area contributed by atoms with Gasteiger partial charge in [-0.1, -0.05) is 18.6 Å². The number of rotatable bonds is 5. The second kappa shape index (κ2) is 7.45. The molecule has 2 heterocycles. The number of likely N-dealkylation sites (tertiary alicyclic amines) is 1. The van der Waals surface area contributed by atoms with Gasteiger partial charge in [0.2, 0.25) is 5.91 Å². The monoisotopic (exact) mass is 358 g/mol. The lowest BCUT2D eigenvalue weighted by Crippen LogP contribution is -2.53. The second-order valence-electron chi connectivity index (χ2n) is 7.51. The van der Waals surface area contributed by atoms with E-state index in [1.807, 2.05) is 0 Å². The number of piperidine rings is 1. The molecule has 1 saturated heterocycles. The van der Waals surface area contributed by atoms with E-state index >= 15 is 0 Å². The summed E-state index contributed by atoms with van der Waals surface area (Å²) < 4.78 is 1.08. The minimum Gasteiger partial charge on any atom is -0.353 e. The van der Waals surface area contributed by atoms with Gasteiger partial charge in [0.25, 0.3) is 11.1 Å². The van der Waals surface area contributed by atoms with Gasteiger partial charge in [0.05, 0.1) is 10.8 Å². The summed E-state index contributed by atoms with van der Waals surface area (Å²) in [5, 5.41) is 6.04. The van der Waals surface area contributed by atoms with Gasteiger partial charge in [-0.05, 0) is 51.9 Å². The Kier molecular flexibility index (Phi) is 5.27. The van der Waals surface area contributed by atoms with Crippen molar-refractivity contribution >= 4 is 16.7 Å². The summed E-state index contributed by atoms with van der Waals surface area (Å²) in [7, 11) is 0. The molecular formula is C19H26N4O3. The van der Waals surface area contributed by atoms with Gasteiger partial charge in [-0.25, -0.2) is 4.68 Å². The molecule has 0 atom stereocenters. The molecule has 0 unspecified atom stereocenters. The molecule has 1 aromatic heterocycles. The van der Waals surface area contributed by atoms with Crippen LogP contribution >= 0.6 is 0 Å². The van der Waals surface area contributed by atoms with Crippen molar-refractivity contribution in [3.05, 3.63) is 45.0 Å². The van der Waals surface area contributed by atoms with Gasteiger partial charge in [0.1, 0.15) is 6.54 Å². The standard InChI is InChI=1S/C19H26N4O3/c1-19(2,22-10-6-3-7-11-22)13-20-16(24)12-23-18(26)15-9-5-4-8-14(15)17(25)21-23/h4-5,8-9H,3,6-7,10-13H2,1-2H3,(H,20,24)(H,21,25). The van der Waals surface area contributed by atoms with Crippen LogP contribution in [0.15, 0.2) is 33.9 Å². The first kappa shape index (κ1) is 18.4. The third kappa shape index (κ3) is 3.88. The summed E-state index contributed by atoms with van der Waals surface area (Å²) in [5.41, 5.74) is -0.884. The van der Waals surface area contributed by atoms with E-state index in [0.717, 1.165) is 17.8 Å². The van der Waals surface area contributed by atoms with Crippen LogP contribution in [0.25, 0.3) is 10.8 Å². The van der Waals surface area contributed by atoms with Gasteiger partial charge in [0.15, 0.2) is 0 Å². The summed E-state index contributed by atoms with van der Waals surface area (Å²) in [6, 6.07) is 6.60. The van der Waals surface area contributed by atoms with E-state index < -0.39 is 0 Å². The molecule has 1 amide bonds.